The fraction of sp³-hybridized carbons (Fsp3) is 0.469. The van der Waals surface area contributed by atoms with E-state index in [1.54, 1.807) is 6.07 Å². The fourth-order valence-electron chi connectivity index (χ4n) is 6.63. The Hall–Kier alpha value is -3.79. The van der Waals surface area contributed by atoms with Crippen LogP contribution in [0.4, 0.5) is 14.6 Å². The van der Waals surface area contributed by atoms with E-state index in [0.717, 1.165) is 38.8 Å². The summed E-state index contributed by atoms with van der Waals surface area (Å²) in [6.45, 7) is 9.07. The number of ether oxygens (including phenoxy) is 2. The van der Waals surface area contributed by atoms with Gasteiger partial charge in [-0.05, 0) is 85.6 Å². The minimum atomic E-state index is -0.731. The normalized spacial score (nSPS) is 16.5. The van der Waals surface area contributed by atoms with Crippen molar-refractivity contribution in [2.45, 2.75) is 58.4 Å². The Morgan fingerprint density at radius 2 is 1.83 bits per heavy atom. The van der Waals surface area contributed by atoms with Gasteiger partial charge in [0.15, 0.2) is 5.82 Å². The van der Waals surface area contributed by atoms with Crippen molar-refractivity contribution in [3.63, 3.8) is 0 Å². The number of halogens is 2. The number of aromatic nitrogens is 3. The van der Waals surface area contributed by atoms with Crippen LogP contribution in [0.1, 0.15) is 52.0 Å². The molecule has 0 radical (unpaired) electrons. The van der Waals surface area contributed by atoms with E-state index >= 15 is 4.39 Å². The topological polar surface area (TPSA) is 92.6 Å². The van der Waals surface area contributed by atoms with Gasteiger partial charge in [-0.15, -0.1) is 0 Å². The molecule has 0 atom stereocenters. The molecule has 2 saturated heterocycles. The highest BCUT2D eigenvalue weighted by Gasteiger charge is 2.45. The third-order valence-corrected chi connectivity index (χ3v) is 8.65. The van der Waals surface area contributed by atoms with Gasteiger partial charge >= 0.3 is 6.01 Å². The van der Waals surface area contributed by atoms with Gasteiger partial charge < -0.3 is 19.9 Å². The summed E-state index contributed by atoms with van der Waals surface area (Å²) in [5.41, 5.74) is 0.501. The van der Waals surface area contributed by atoms with E-state index in [4.69, 9.17) is 9.47 Å². The molecule has 0 spiro atoms. The first-order valence-electron chi connectivity index (χ1n) is 14.8. The summed E-state index contributed by atoms with van der Waals surface area (Å²) < 4.78 is 43.5. The molecule has 0 amide bonds. The Labute approximate surface area is 244 Å². The minimum Gasteiger partial charge on any atom is -0.508 e. The average Bonchev–Trinajstić information content (AvgIpc) is 3.56. The van der Waals surface area contributed by atoms with Gasteiger partial charge in [0.05, 0.1) is 12.6 Å². The van der Waals surface area contributed by atoms with Crippen molar-refractivity contribution in [3.8, 4) is 28.9 Å². The monoisotopic (exact) mass is 577 g/mol. The second kappa shape index (κ2) is 11.1. The van der Waals surface area contributed by atoms with Gasteiger partial charge in [0.25, 0.3) is 0 Å². The number of aromatic hydroxyl groups is 1. The second-order valence-electron chi connectivity index (χ2n) is 11.8. The van der Waals surface area contributed by atoms with Crippen LogP contribution in [-0.4, -0.2) is 63.8 Å². The fourth-order valence-corrected chi connectivity index (χ4v) is 6.63. The number of anilines is 1. The number of pyridine rings is 1. The summed E-state index contributed by atoms with van der Waals surface area (Å²) in [4.78, 5) is 16.3. The number of phenolic OH excluding ortho intramolecular Hbond substituents is 1. The highest BCUT2D eigenvalue weighted by molar-refractivity contribution is 6.03. The van der Waals surface area contributed by atoms with Gasteiger partial charge in [-0.2, -0.15) is 9.97 Å². The molecule has 4 aromatic rings. The molecule has 0 bridgehead atoms. The van der Waals surface area contributed by atoms with Crippen LogP contribution in [0, 0.1) is 17.6 Å². The Bertz CT molecular complexity index is 1650. The first-order chi connectivity index (χ1) is 20.2. The molecule has 2 aliphatic heterocycles. The molecule has 42 heavy (non-hydrogen) atoms. The van der Waals surface area contributed by atoms with Crippen LogP contribution >= 0.6 is 0 Å². The highest BCUT2D eigenvalue weighted by Crippen LogP contribution is 2.42. The largest absolute Gasteiger partial charge is 0.508 e. The molecule has 2 fully saturated rings. The molecule has 6 rings (SSSR count). The zero-order chi connectivity index (χ0) is 29.6. The average molecular weight is 578 g/mol. The van der Waals surface area contributed by atoms with E-state index in [9.17, 15) is 9.50 Å². The molecule has 0 saturated carbocycles. The summed E-state index contributed by atoms with van der Waals surface area (Å²) in [6.07, 6.45) is 4.73. The highest BCUT2D eigenvalue weighted by atomic mass is 19.1. The third kappa shape index (κ3) is 4.85. The van der Waals surface area contributed by atoms with Crippen LogP contribution in [0.5, 0.6) is 17.6 Å². The molecule has 0 aliphatic carbocycles. The zero-order valence-electron chi connectivity index (χ0n) is 24.6. The SMILES string of the molecule is CCc1c(F)ccc2cc(O)cc(-c3nc(OC)c4c(NCC(C)C)nc(OCC56CCCN5CCC6)nc4c3F)c12. The molecular formula is C32H37F2N5O3. The van der Waals surface area contributed by atoms with Gasteiger partial charge in [0, 0.05) is 12.1 Å². The van der Waals surface area contributed by atoms with E-state index in [0.29, 0.717) is 47.1 Å². The first-order valence-corrected chi connectivity index (χ1v) is 14.8. The van der Waals surface area contributed by atoms with Crippen LogP contribution in [-0.2, 0) is 6.42 Å². The maximum atomic E-state index is 16.7. The van der Waals surface area contributed by atoms with Crippen molar-refractivity contribution >= 4 is 27.5 Å². The number of hydrogen-bond acceptors (Lipinski definition) is 8. The molecule has 2 aromatic carbocycles. The maximum Gasteiger partial charge on any atom is 0.319 e. The van der Waals surface area contributed by atoms with Gasteiger partial charge in [0.2, 0.25) is 5.88 Å². The lowest BCUT2D eigenvalue weighted by Gasteiger charge is -2.31. The van der Waals surface area contributed by atoms with Gasteiger partial charge in [-0.25, -0.2) is 13.8 Å². The molecule has 10 heteroatoms. The number of nitrogens with one attached hydrogen (secondary N) is 1. The van der Waals surface area contributed by atoms with E-state index in [1.165, 1.54) is 25.3 Å². The molecule has 8 nitrogen and oxygen atoms in total. The van der Waals surface area contributed by atoms with Crippen LogP contribution < -0.4 is 14.8 Å². The molecule has 222 valence electrons. The van der Waals surface area contributed by atoms with Crippen molar-refractivity contribution < 1.29 is 23.4 Å². The van der Waals surface area contributed by atoms with E-state index < -0.39 is 11.6 Å². The number of methoxy groups -OCH3 is 1. The van der Waals surface area contributed by atoms with Gasteiger partial charge in [0.1, 0.15) is 40.6 Å². The standard InChI is InChI=1S/C32H37F2N5O3/c1-5-21-23(33)9-8-19-14-20(40)15-22(24(19)21)27-26(34)28-25(30(36-27)41-4)29(35-16-18(2)3)38-31(37-28)42-17-32-10-6-12-39(32)13-7-11-32/h8-9,14-15,18,40H,5-7,10-13,16-17H2,1-4H3,(H,35,37,38). The summed E-state index contributed by atoms with van der Waals surface area (Å²) in [5, 5.41) is 15.2. The van der Waals surface area contributed by atoms with E-state index in [2.05, 4.69) is 39.0 Å². The van der Waals surface area contributed by atoms with Crippen molar-refractivity contribution in [2.24, 2.45) is 5.92 Å². The summed E-state index contributed by atoms with van der Waals surface area (Å²) in [6, 6.07) is 5.93. The predicted octanol–water partition coefficient (Wildman–Crippen LogP) is 6.47. The molecule has 2 aromatic heterocycles. The van der Waals surface area contributed by atoms with Crippen molar-refractivity contribution in [1.82, 2.24) is 19.9 Å². The molecule has 4 heterocycles. The molecular weight excluding hydrogens is 540 g/mol. The maximum absolute atomic E-state index is 16.7. The van der Waals surface area contributed by atoms with Gasteiger partial charge in [-0.3, -0.25) is 4.90 Å². The Morgan fingerprint density at radius 1 is 1.07 bits per heavy atom. The second-order valence-corrected chi connectivity index (χ2v) is 11.8. The number of fused-ring (bicyclic) bond motifs is 3. The summed E-state index contributed by atoms with van der Waals surface area (Å²) >= 11 is 0. The summed E-state index contributed by atoms with van der Waals surface area (Å²) in [7, 11) is 1.45. The lowest BCUT2D eigenvalue weighted by molar-refractivity contribution is 0.108. The number of nitrogens with zero attached hydrogens (tertiary/aromatic N) is 4. The Balaban J connectivity index is 1.55. The van der Waals surface area contributed by atoms with Crippen LogP contribution in [0.3, 0.4) is 0 Å². The van der Waals surface area contributed by atoms with E-state index in [1.807, 2.05) is 6.92 Å². The van der Waals surface area contributed by atoms with Crippen molar-refractivity contribution in [2.75, 3.05) is 38.7 Å². The number of benzene rings is 2. The molecule has 2 N–H and O–H groups in total. The van der Waals surface area contributed by atoms with E-state index in [-0.39, 0.29) is 45.9 Å². The quantitative estimate of drug-likeness (QED) is 0.234. The predicted molar refractivity (Wildman–Crippen MR) is 159 cm³/mol. The first kappa shape index (κ1) is 28.3. The van der Waals surface area contributed by atoms with Gasteiger partial charge in [-0.1, -0.05) is 26.8 Å². The van der Waals surface area contributed by atoms with Crippen LogP contribution in [0.2, 0.25) is 0 Å². The lowest BCUT2D eigenvalue weighted by Crippen LogP contribution is -2.43. The van der Waals surface area contributed by atoms with Crippen molar-refractivity contribution in [3.05, 3.63) is 41.5 Å². The number of hydrogen-bond donors (Lipinski definition) is 2. The smallest absolute Gasteiger partial charge is 0.319 e. The molecule has 0 unspecified atom stereocenters. The third-order valence-electron chi connectivity index (χ3n) is 8.65. The number of aryl methyl sites for hydroxylation is 1. The van der Waals surface area contributed by atoms with Crippen molar-refractivity contribution in [1.29, 1.82) is 0 Å². The Morgan fingerprint density at radius 3 is 2.52 bits per heavy atom. The number of phenols is 1. The summed E-state index contributed by atoms with van der Waals surface area (Å²) in [5.74, 6) is -0.462. The zero-order valence-corrected chi connectivity index (χ0v) is 24.6. The Kier molecular flexibility index (Phi) is 7.51. The van der Waals surface area contributed by atoms with Crippen LogP contribution in [0.15, 0.2) is 24.3 Å². The minimum absolute atomic E-state index is 0.0220. The van der Waals surface area contributed by atoms with Crippen LogP contribution in [0.25, 0.3) is 32.9 Å². The number of rotatable bonds is 9. The lowest BCUT2D eigenvalue weighted by atomic mass is 9.94. The molecule has 2 aliphatic rings.